The van der Waals surface area contributed by atoms with Crippen LogP contribution in [0.25, 0.3) is 0 Å². The van der Waals surface area contributed by atoms with E-state index in [4.69, 9.17) is 5.73 Å². The van der Waals surface area contributed by atoms with Crippen LogP contribution >= 0.6 is 0 Å². The van der Waals surface area contributed by atoms with Crippen molar-refractivity contribution in [1.82, 2.24) is 0 Å². The average Bonchev–Trinajstić information content (AvgIpc) is 2.10. The highest BCUT2D eigenvalue weighted by molar-refractivity contribution is 5.83. The molecule has 1 aromatic carbocycles. The predicted octanol–water partition coefficient (Wildman–Crippen LogP) is 2.92. The molecule has 0 aliphatic rings. The summed E-state index contributed by atoms with van der Waals surface area (Å²) < 4.78 is 12.8. The summed E-state index contributed by atoms with van der Waals surface area (Å²) in [7, 11) is 0. The van der Waals surface area contributed by atoms with Crippen molar-refractivity contribution in [2.45, 2.75) is 26.7 Å². The third kappa shape index (κ3) is 2.83. The van der Waals surface area contributed by atoms with Gasteiger partial charge in [-0.15, -0.1) is 0 Å². The summed E-state index contributed by atoms with van der Waals surface area (Å²) in [4.78, 5) is 4.22. The van der Waals surface area contributed by atoms with Gasteiger partial charge in [0.2, 0.25) is 0 Å². The molecule has 0 saturated carbocycles. The second kappa shape index (κ2) is 4.74. The number of hydrogen-bond acceptors (Lipinski definition) is 1. The molecule has 3 heteroatoms. The minimum Gasteiger partial charge on any atom is -0.387 e. The molecule has 1 rings (SSSR count). The monoisotopic (exact) mass is 194 g/mol. The predicted molar refractivity (Wildman–Crippen MR) is 57.3 cm³/mol. The molecule has 0 aliphatic heterocycles. The van der Waals surface area contributed by atoms with Gasteiger partial charge in [0.25, 0.3) is 0 Å². The zero-order valence-electron chi connectivity index (χ0n) is 8.55. The lowest BCUT2D eigenvalue weighted by atomic mass is 10.2. The summed E-state index contributed by atoms with van der Waals surface area (Å²) in [5.41, 5.74) is 7.24. The van der Waals surface area contributed by atoms with Crippen LogP contribution in [0, 0.1) is 12.7 Å². The maximum Gasteiger partial charge on any atom is 0.123 e. The summed E-state index contributed by atoms with van der Waals surface area (Å²) in [6, 6.07) is 4.50. The quantitative estimate of drug-likeness (QED) is 0.583. The fraction of sp³-hybridized carbons (Fsp3) is 0.364. The van der Waals surface area contributed by atoms with Crippen LogP contribution in [0.3, 0.4) is 0 Å². The van der Waals surface area contributed by atoms with Crippen LogP contribution < -0.4 is 5.73 Å². The van der Waals surface area contributed by atoms with Crippen molar-refractivity contribution in [2.75, 3.05) is 0 Å². The van der Waals surface area contributed by atoms with Gasteiger partial charge in [0.05, 0.1) is 11.5 Å². The van der Waals surface area contributed by atoms with Gasteiger partial charge in [0.15, 0.2) is 0 Å². The number of nitrogens with zero attached hydrogens (tertiary/aromatic N) is 1. The first-order chi connectivity index (χ1) is 6.63. The van der Waals surface area contributed by atoms with E-state index in [0.29, 0.717) is 5.84 Å². The van der Waals surface area contributed by atoms with Gasteiger partial charge < -0.3 is 5.73 Å². The van der Waals surface area contributed by atoms with E-state index < -0.39 is 0 Å². The van der Waals surface area contributed by atoms with E-state index >= 15 is 0 Å². The molecule has 2 nitrogen and oxygen atoms in total. The van der Waals surface area contributed by atoms with Crippen molar-refractivity contribution in [3.63, 3.8) is 0 Å². The Labute approximate surface area is 83.7 Å². The molecule has 0 heterocycles. The second-order valence-electron chi connectivity index (χ2n) is 3.28. The van der Waals surface area contributed by atoms with E-state index in [1.54, 1.807) is 6.07 Å². The Morgan fingerprint density at radius 1 is 1.50 bits per heavy atom. The van der Waals surface area contributed by atoms with E-state index in [0.717, 1.165) is 24.1 Å². The number of benzene rings is 1. The number of rotatable bonds is 3. The topological polar surface area (TPSA) is 38.4 Å². The molecule has 0 unspecified atom stereocenters. The summed E-state index contributed by atoms with van der Waals surface area (Å²) in [6.45, 7) is 3.86. The second-order valence-corrected chi connectivity index (χ2v) is 3.28. The normalized spacial score (nSPS) is 11.8. The van der Waals surface area contributed by atoms with Crippen molar-refractivity contribution < 1.29 is 4.39 Å². The number of nitrogens with two attached hydrogens (primary N) is 1. The third-order valence-electron chi connectivity index (χ3n) is 1.93. The number of aliphatic imine (C=N–C) groups is 1. The lowest BCUT2D eigenvalue weighted by Gasteiger charge is -2.02. The first-order valence-electron chi connectivity index (χ1n) is 4.72. The SMILES string of the molecule is CCCC(N)=Nc1ccc(F)cc1C. The molecule has 2 N–H and O–H groups in total. The number of amidine groups is 1. The summed E-state index contributed by atoms with van der Waals surface area (Å²) >= 11 is 0. The zero-order valence-corrected chi connectivity index (χ0v) is 8.55. The Kier molecular flexibility index (Phi) is 3.63. The Balaban J connectivity index is 2.91. The Morgan fingerprint density at radius 3 is 2.79 bits per heavy atom. The van der Waals surface area contributed by atoms with Crippen molar-refractivity contribution in [1.29, 1.82) is 0 Å². The molecule has 14 heavy (non-hydrogen) atoms. The van der Waals surface area contributed by atoms with Crippen molar-refractivity contribution >= 4 is 11.5 Å². The minimum atomic E-state index is -0.240. The van der Waals surface area contributed by atoms with Crippen LogP contribution in [-0.2, 0) is 0 Å². The molecule has 0 spiro atoms. The van der Waals surface area contributed by atoms with E-state index in [9.17, 15) is 4.39 Å². The van der Waals surface area contributed by atoms with Crippen LogP contribution in [0.4, 0.5) is 10.1 Å². The molecule has 76 valence electrons. The van der Waals surface area contributed by atoms with Crippen molar-refractivity contribution in [3.05, 3.63) is 29.6 Å². The van der Waals surface area contributed by atoms with Gasteiger partial charge >= 0.3 is 0 Å². The molecular weight excluding hydrogens is 179 g/mol. The molecule has 0 amide bonds. The molecule has 0 atom stereocenters. The van der Waals surface area contributed by atoms with Gasteiger partial charge in [-0.25, -0.2) is 9.38 Å². The molecule has 0 aliphatic carbocycles. The molecule has 0 aromatic heterocycles. The molecule has 0 fully saturated rings. The highest BCUT2D eigenvalue weighted by Crippen LogP contribution is 2.19. The maximum atomic E-state index is 12.8. The Hall–Kier alpha value is -1.38. The first kappa shape index (κ1) is 10.7. The minimum absolute atomic E-state index is 0.240. The number of aryl methyl sites for hydroxylation is 1. The summed E-state index contributed by atoms with van der Waals surface area (Å²) in [5.74, 6) is 0.359. The van der Waals surface area contributed by atoms with Crippen LogP contribution in [0.1, 0.15) is 25.3 Å². The smallest absolute Gasteiger partial charge is 0.123 e. The fourth-order valence-corrected chi connectivity index (χ4v) is 1.21. The summed E-state index contributed by atoms with van der Waals surface area (Å²) in [6.07, 6.45) is 1.74. The van der Waals surface area contributed by atoms with Crippen LogP contribution in [0.2, 0.25) is 0 Å². The molecule has 1 aromatic rings. The van der Waals surface area contributed by atoms with Gasteiger partial charge in [0.1, 0.15) is 5.82 Å². The van der Waals surface area contributed by atoms with Gasteiger partial charge in [-0.3, -0.25) is 0 Å². The van der Waals surface area contributed by atoms with Crippen molar-refractivity contribution in [3.8, 4) is 0 Å². The lowest BCUT2D eigenvalue weighted by Crippen LogP contribution is -2.10. The van der Waals surface area contributed by atoms with E-state index in [2.05, 4.69) is 4.99 Å². The van der Waals surface area contributed by atoms with Gasteiger partial charge in [-0.2, -0.15) is 0 Å². The van der Waals surface area contributed by atoms with E-state index in [1.807, 2.05) is 13.8 Å². The zero-order chi connectivity index (χ0) is 10.6. The maximum absolute atomic E-state index is 12.8. The molecular formula is C11H15FN2. The van der Waals surface area contributed by atoms with E-state index in [1.165, 1.54) is 12.1 Å². The Morgan fingerprint density at radius 2 is 2.21 bits per heavy atom. The molecule has 0 bridgehead atoms. The van der Waals surface area contributed by atoms with Gasteiger partial charge in [-0.05, 0) is 37.1 Å². The third-order valence-corrected chi connectivity index (χ3v) is 1.93. The van der Waals surface area contributed by atoms with Crippen LogP contribution in [0.5, 0.6) is 0 Å². The molecule has 0 saturated heterocycles. The highest BCUT2D eigenvalue weighted by atomic mass is 19.1. The van der Waals surface area contributed by atoms with E-state index in [-0.39, 0.29) is 5.82 Å². The average molecular weight is 194 g/mol. The molecule has 0 radical (unpaired) electrons. The fourth-order valence-electron chi connectivity index (χ4n) is 1.21. The van der Waals surface area contributed by atoms with Crippen LogP contribution in [-0.4, -0.2) is 5.84 Å². The number of halogens is 1. The first-order valence-corrected chi connectivity index (χ1v) is 4.72. The van der Waals surface area contributed by atoms with Crippen molar-refractivity contribution in [2.24, 2.45) is 10.7 Å². The standard InChI is InChI=1S/C11H15FN2/c1-3-4-11(13)14-10-6-5-9(12)7-8(10)2/h5-7H,3-4H2,1-2H3,(H2,13,14). The Bertz CT molecular complexity index is 345. The highest BCUT2D eigenvalue weighted by Gasteiger charge is 1.99. The summed E-state index contributed by atoms with van der Waals surface area (Å²) in [5, 5.41) is 0. The van der Waals surface area contributed by atoms with Crippen LogP contribution in [0.15, 0.2) is 23.2 Å². The van der Waals surface area contributed by atoms with Gasteiger partial charge in [-0.1, -0.05) is 6.92 Å². The number of hydrogen-bond donors (Lipinski definition) is 1. The lowest BCUT2D eigenvalue weighted by molar-refractivity contribution is 0.627. The van der Waals surface area contributed by atoms with Gasteiger partial charge in [0, 0.05) is 6.42 Å². The largest absolute Gasteiger partial charge is 0.387 e.